The number of hydrogen-bond donors (Lipinski definition) is 3. The van der Waals surface area contributed by atoms with Gasteiger partial charge in [-0.25, -0.2) is 21.9 Å². The van der Waals surface area contributed by atoms with Crippen LogP contribution in [0.2, 0.25) is 0 Å². The molecule has 25 heavy (non-hydrogen) atoms. The molecule has 0 saturated carbocycles. The van der Waals surface area contributed by atoms with Crippen molar-refractivity contribution in [2.75, 3.05) is 13.6 Å². The molecule has 0 aliphatic carbocycles. The molecule has 7 nitrogen and oxygen atoms in total. The first kappa shape index (κ1) is 19.0. The Bertz CT molecular complexity index is 893. The molecule has 0 aliphatic rings. The number of carbonyl (C=O) groups is 1. The van der Waals surface area contributed by atoms with E-state index in [1.807, 2.05) is 4.72 Å². The van der Waals surface area contributed by atoms with Crippen LogP contribution in [-0.2, 0) is 15.6 Å². The highest BCUT2D eigenvalue weighted by molar-refractivity contribution is 7.89. The Labute approximate surface area is 142 Å². The largest absolute Gasteiger partial charge is 0.438 e. The third-order valence-electron chi connectivity index (χ3n) is 3.44. The summed E-state index contributed by atoms with van der Waals surface area (Å²) in [6.45, 7) is 0.825. The standard InChI is InChI=1S/C15H16F2N2O5S/c1-15(21,10-4-3-9(16)7-11(10)17)8-19-14(20)12-5-6-13(24-12)25(22,23)18-2/h3-7,18,21H,8H2,1-2H3,(H,19,20). The second-order valence-corrected chi connectivity index (χ2v) is 7.22. The fourth-order valence-electron chi connectivity index (χ4n) is 2.05. The summed E-state index contributed by atoms with van der Waals surface area (Å²) in [5, 5.41) is 12.2. The molecule has 0 aliphatic heterocycles. The molecule has 0 radical (unpaired) electrons. The van der Waals surface area contributed by atoms with Crippen molar-refractivity contribution < 1.29 is 31.5 Å². The molecule has 0 spiro atoms. The smallest absolute Gasteiger partial charge is 0.287 e. The minimum absolute atomic E-state index is 0.202. The van der Waals surface area contributed by atoms with E-state index >= 15 is 0 Å². The highest BCUT2D eigenvalue weighted by Crippen LogP contribution is 2.23. The average molecular weight is 374 g/mol. The zero-order valence-electron chi connectivity index (χ0n) is 13.3. The summed E-state index contributed by atoms with van der Waals surface area (Å²) in [5.41, 5.74) is -2.02. The predicted molar refractivity (Wildman–Crippen MR) is 83.2 cm³/mol. The second-order valence-electron chi connectivity index (χ2n) is 5.41. The van der Waals surface area contributed by atoms with Gasteiger partial charge in [-0.3, -0.25) is 4.79 Å². The molecule has 1 heterocycles. The van der Waals surface area contributed by atoms with E-state index in [1.54, 1.807) is 0 Å². The Morgan fingerprint density at radius 3 is 2.56 bits per heavy atom. The summed E-state index contributed by atoms with van der Waals surface area (Å²) >= 11 is 0. The third-order valence-corrected chi connectivity index (χ3v) is 4.73. The highest BCUT2D eigenvalue weighted by atomic mass is 32.2. The molecule has 1 aromatic carbocycles. The Morgan fingerprint density at radius 1 is 1.28 bits per heavy atom. The van der Waals surface area contributed by atoms with E-state index in [4.69, 9.17) is 4.42 Å². The van der Waals surface area contributed by atoms with Gasteiger partial charge in [-0.1, -0.05) is 6.07 Å². The van der Waals surface area contributed by atoms with Gasteiger partial charge in [0.05, 0.1) is 6.54 Å². The molecule has 1 aromatic heterocycles. The maximum Gasteiger partial charge on any atom is 0.287 e. The third kappa shape index (κ3) is 4.21. The van der Waals surface area contributed by atoms with Crippen molar-refractivity contribution in [2.24, 2.45) is 0 Å². The predicted octanol–water partition coefficient (Wildman–Crippen LogP) is 1.10. The normalized spacial score (nSPS) is 14.1. The summed E-state index contributed by atoms with van der Waals surface area (Å²) in [7, 11) is -2.65. The fourth-order valence-corrected chi connectivity index (χ4v) is 2.70. The Balaban J connectivity index is 2.11. The number of sulfonamides is 1. The molecule has 2 rings (SSSR count). The van der Waals surface area contributed by atoms with Gasteiger partial charge in [0.2, 0.25) is 5.09 Å². The van der Waals surface area contributed by atoms with Gasteiger partial charge in [0, 0.05) is 11.6 Å². The van der Waals surface area contributed by atoms with Crippen LogP contribution in [0.15, 0.2) is 39.8 Å². The molecule has 1 amide bonds. The lowest BCUT2D eigenvalue weighted by Crippen LogP contribution is -2.39. The summed E-state index contributed by atoms with van der Waals surface area (Å²) in [5.74, 6) is -2.86. The van der Waals surface area contributed by atoms with Gasteiger partial charge in [0.1, 0.15) is 17.2 Å². The number of aliphatic hydroxyl groups is 1. The summed E-state index contributed by atoms with van der Waals surface area (Å²) in [6, 6.07) is 4.91. The molecule has 2 aromatic rings. The van der Waals surface area contributed by atoms with E-state index in [-0.39, 0.29) is 11.3 Å². The lowest BCUT2D eigenvalue weighted by molar-refractivity contribution is 0.0486. The van der Waals surface area contributed by atoms with Crippen LogP contribution in [0.25, 0.3) is 0 Å². The lowest BCUT2D eigenvalue weighted by atomic mass is 9.95. The van der Waals surface area contributed by atoms with E-state index in [2.05, 4.69) is 5.32 Å². The van der Waals surface area contributed by atoms with Gasteiger partial charge in [-0.2, -0.15) is 0 Å². The lowest BCUT2D eigenvalue weighted by Gasteiger charge is -2.24. The number of halogens is 2. The van der Waals surface area contributed by atoms with Crippen molar-refractivity contribution in [1.29, 1.82) is 0 Å². The molecule has 1 atom stereocenters. The molecule has 3 N–H and O–H groups in total. The molecule has 10 heteroatoms. The maximum absolute atomic E-state index is 13.8. The monoisotopic (exact) mass is 374 g/mol. The van der Waals surface area contributed by atoms with Crippen LogP contribution >= 0.6 is 0 Å². The average Bonchev–Trinajstić information content (AvgIpc) is 3.03. The number of nitrogens with one attached hydrogen (secondary N) is 2. The number of benzene rings is 1. The quantitative estimate of drug-likeness (QED) is 0.702. The molecule has 0 bridgehead atoms. The first-order valence-electron chi connectivity index (χ1n) is 7.06. The van der Waals surface area contributed by atoms with Gasteiger partial charge in [-0.15, -0.1) is 0 Å². The fraction of sp³-hybridized carbons (Fsp3) is 0.267. The molecular weight excluding hydrogens is 358 g/mol. The van der Waals surface area contributed by atoms with E-state index in [0.29, 0.717) is 6.07 Å². The summed E-state index contributed by atoms with van der Waals surface area (Å²) in [6.07, 6.45) is 0. The minimum Gasteiger partial charge on any atom is -0.438 e. The Hall–Kier alpha value is -2.30. The van der Waals surface area contributed by atoms with Crippen molar-refractivity contribution in [1.82, 2.24) is 10.0 Å². The number of furan rings is 1. The van der Waals surface area contributed by atoms with Crippen LogP contribution in [-0.4, -0.2) is 33.0 Å². The zero-order chi connectivity index (χ0) is 18.8. The van der Waals surface area contributed by atoms with Crippen LogP contribution in [0, 0.1) is 11.6 Å². The topological polar surface area (TPSA) is 109 Å². The summed E-state index contributed by atoms with van der Waals surface area (Å²) < 4.78 is 56.8. The first-order valence-corrected chi connectivity index (χ1v) is 8.54. The van der Waals surface area contributed by atoms with Crippen LogP contribution in [0.3, 0.4) is 0 Å². The van der Waals surface area contributed by atoms with Crippen molar-refractivity contribution >= 4 is 15.9 Å². The second kappa shape index (κ2) is 6.90. The van der Waals surface area contributed by atoms with Crippen molar-refractivity contribution in [3.05, 3.63) is 53.3 Å². The zero-order valence-corrected chi connectivity index (χ0v) is 14.2. The van der Waals surface area contributed by atoms with Crippen LogP contribution in [0.4, 0.5) is 8.78 Å². The highest BCUT2D eigenvalue weighted by Gasteiger charge is 2.28. The van der Waals surface area contributed by atoms with Crippen molar-refractivity contribution in [2.45, 2.75) is 17.6 Å². The number of amides is 1. The molecule has 0 fully saturated rings. The van der Waals surface area contributed by atoms with Crippen LogP contribution < -0.4 is 10.0 Å². The van der Waals surface area contributed by atoms with E-state index < -0.39 is 44.8 Å². The Kier molecular flexibility index (Phi) is 5.26. The van der Waals surface area contributed by atoms with Gasteiger partial charge in [0.25, 0.3) is 15.9 Å². The van der Waals surface area contributed by atoms with Gasteiger partial charge < -0.3 is 14.8 Å². The summed E-state index contributed by atoms with van der Waals surface area (Å²) in [4.78, 5) is 12.0. The SMILES string of the molecule is CNS(=O)(=O)c1ccc(C(=O)NCC(C)(O)c2ccc(F)cc2F)o1. The van der Waals surface area contributed by atoms with Crippen molar-refractivity contribution in [3.63, 3.8) is 0 Å². The van der Waals surface area contributed by atoms with Gasteiger partial charge >= 0.3 is 0 Å². The van der Waals surface area contributed by atoms with E-state index in [0.717, 1.165) is 24.3 Å². The number of hydrogen-bond acceptors (Lipinski definition) is 5. The molecule has 136 valence electrons. The molecule has 0 saturated heterocycles. The van der Waals surface area contributed by atoms with Crippen LogP contribution in [0.5, 0.6) is 0 Å². The minimum atomic E-state index is -3.84. The van der Waals surface area contributed by atoms with Crippen molar-refractivity contribution in [3.8, 4) is 0 Å². The van der Waals surface area contributed by atoms with E-state index in [9.17, 15) is 27.1 Å². The van der Waals surface area contributed by atoms with Gasteiger partial charge in [0.15, 0.2) is 5.76 Å². The molecule has 1 unspecified atom stereocenters. The Morgan fingerprint density at radius 2 is 1.96 bits per heavy atom. The number of rotatable bonds is 6. The molecular formula is C15H16F2N2O5S. The first-order chi connectivity index (χ1) is 11.6. The van der Waals surface area contributed by atoms with Gasteiger partial charge in [-0.05, 0) is 32.2 Å². The van der Waals surface area contributed by atoms with Crippen LogP contribution in [0.1, 0.15) is 23.0 Å². The maximum atomic E-state index is 13.8. The number of carbonyl (C=O) groups excluding carboxylic acids is 1. The van der Waals surface area contributed by atoms with E-state index in [1.165, 1.54) is 14.0 Å².